The van der Waals surface area contributed by atoms with Gasteiger partial charge in [-0.15, -0.1) is 0 Å². The molecular weight excluding hydrogens is 258 g/mol. The highest BCUT2D eigenvalue weighted by Crippen LogP contribution is 2.30. The number of anilines is 1. The molecule has 0 saturated carbocycles. The number of hydrogen-bond acceptors (Lipinski definition) is 7. The zero-order chi connectivity index (χ0) is 13.3. The van der Waals surface area contributed by atoms with Crippen molar-refractivity contribution in [1.29, 1.82) is 0 Å². The van der Waals surface area contributed by atoms with Crippen molar-refractivity contribution in [3.8, 4) is 0 Å². The molecule has 0 fully saturated rings. The van der Waals surface area contributed by atoms with Gasteiger partial charge in [0.15, 0.2) is 5.13 Å². The number of non-ortho nitro benzene ring substituents is 1. The number of rotatable bonds is 4. The van der Waals surface area contributed by atoms with Gasteiger partial charge >= 0.3 is 0 Å². The first kappa shape index (κ1) is 12.2. The number of fused-ring (bicyclic) bond motifs is 1. The first-order chi connectivity index (χ1) is 8.47. The van der Waals surface area contributed by atoms with Crippen molar-refractivity contribution < 1.29 is 14.8 Å². The van der Waals surface area contributed by atoms with Gasteiger partial charge in [-0.3, -0.25) is 10.1 Å². The average molecular weight is 266 g/mol. The van der Waals surface area contributed by atoms with Crippen LogP contribution in [0.5, 0.6) is 0 Å². The number of benzene rings is 1. The molecule has 8 heteroatoms. The number of nitro benzene ring substituents is 1. The maximum absolute atomic E-state index is 10.6. The van der Waals surface area contributed by atoms with Crippen molar-refractivity contribution in [3.63, 3.8) is 0 Å². The van der Waals surface area contributed by atoms with E-state index in [4.69, 9.17) is 0 Å². The molecule has 0 spiro atoms. The number of aromatic nitrogens is 1. The van der Waals surface area contributed by atoms with E-state index in [1.165, 1.54) is 28.4 Å². The van der Waals surface area contributed by atoms with Crippen LogP contribution in [0.25, 0.3) is 10.2 Å². The highest BCUT2D eigenvalue weighted by atomic mass is 32.1. The number of nitrogens with zero attached hydrogens (tertiary/aromatic N) is 3. The Labute approximate surface area is 105 Å². The van der Waals surface area contributed by atoms with Gasteiger partial charge in [0, 0.05) is 19.2 Å². The summed E-state index contributed by atoms with van der Waals surface area (Å²) in [6.07, 6.45) is 0. The van der Waals surface area contributed by atoms with Gasteiger partial charge in [0.25, 0.3) is 5.69 Å². The predicted molar refractivity (Wildman–Crippen MR) is 64.6 cm³/mol. The van der Waals surface area contributed by atoms with Crippen molar-refractivity contribution in [2.75, 3.05) is 18.5 Å². The Morgan fingerprint density at radius 1 is 1.56 bits per heavy atom. The van der Waals surface area contributed by atoms with Crippen LogP contribution in [0, 0.1) is 10.1 Å². The van der Waals surface area contributed by atoms with Crippen LogP contribution in [0.4, 0.5) is 10.8 Å². The molecule has 1 aromatic carbocycles. The summed E-state index contributed by atoms with van der Waals surface area (Å²) in [7, 11) is 1.57. The average Bonchev–Trinajstić information content (AvgIpc) is 2.70. The van der Waals surface area contributed by atoms with Gasteiger partial charge in [-0.25, -0.2) is 4.98 Å². The van der Waals surface area contributed by atoms with E-state index in [9.17, 15) is 20.0 Å². The van der Waals surface area contributed by atoms with Crippen LogP contribution >= 0.6 is 11.3 Å². The zero-order valence-electron chi connectivity index (χ0n) is 9.32. The number of hydrogen-bond donors (Lipinski definition) is 0. The number of carbonyl (C=O) groups excluding carboxylic acids is 1. The molecule has 0 N–H and O–H groups in total. The van der Waals surface area contributed by atoms with Crippen LogP contribution in [0.3, 0.4) is 0 Å². The third kappa shape index (κ3) is 2.38. The molecule has 0 aliphatic heterocycles. The number of nitro groups is 1. The first-order valence-corrected chi connectivity index (χ1v) is 5.75. The maximum atomic E-state index is 10.6. The number of carboxylic acid groups (broad SMARTS) is 1. The molecule has 18 heavy (non-hydrogen) atoms. The molecular formula is C10H8N3O4S-. The van der Waals surface area contributed by atoms with Gasteiger partial charge in [0.1, 0.15) is 0 Å². The summed E-state index contributed by atoms with van der Waals surface area (Å²) in [5.74, 6) is -1.21. The largest absolute Gasteiger partial charge is 0.548 e. The molecule has 0 aliphatic rings. The summed E-state index contributed by atoms with van der Waals surface area (Å²) in [6, 6.07) is 4.33. The lowest BCUT2D eigenvalue weighted by Gasteiger charge is -2.15. The molecule has 2 aromatic rings. The topological polar surface area (TPSA) is 99.4 Å². The Bertz CT molecular complexity index is 625. The van der Waals surface area contributed by atoms with E-state index in [-0.39, 0.29) is 12.2 Å². The Balaban J connectivity index is 2.38. The Kier molecular flexibility index (Phi) is 3.11. The van der Waals surface area contributed by atoms with E-state index in [0.717, 1.165) is 0 Å². The van der Waals surface area contributed by atoms with Gasteiger partial charge in [0.2, 0.25) is 0 Å². The van der Waals surface area contributed by atoms with Gasteiger partial charge < -0.3 is 14.8 Å². The molecule has 0 atom stereocenters. The first-order valence-electron chi connectivity index (χ1n) is 4.93. The Hall–Kier alpha value is -2.22. The smallest absolute Gasteiger partial charge is 0.270 e. The van der Waals surface area contributed by atoms with Crippen LogP contribution in [0.15, 0.2) is 18.2 Å². The lowest BCUT2D eigenvalue weighted by molar-refractivity contribution is -0.384. The predicted octanol–water partition coefficient (Wildman–Crippen LogP) is 0.391. The minimum atomic E-state index is -1.21. The molecule has 0 amide bonds. The SMILES string of the molecule is CN(CC(=O)[O-])c1nc2ccc([N+](=O)[O-])cc2s1. The molecule has 1 aromatic heterocycles. The highest BCUT2D eigenvalue weighted by Gasteiger charge is 2.12. The fourth-order valence-electron chi connectivity index (χ4n) is 1.44. The second-order valence-electron chi connectivity index (χ2n) is 3.63. The normalized spacial score (nSPS) is 10.5. The highest BCUT2D eigenvalue weighted by molar-refractivity contribution is 7.22. The minimum absolute atomic E-state index is 0.0137. The van der Waals surface area contributed by atoms with E-state index in [2.05, 4.69) is 4.98 Å². The molecule has 0 bridgehead atoms. The summed E-state index contributed by atoms with van der Waals surface area (Å²) >= 11 is 1.20. The molecule has 0 unspecified atom stereocenters. The summed E-state index contributed by atoms with van der Waals surface area (Å²) in [4.78, 5) is 26.2. The monoisotopic (exact) mass is 266 g/mol. The quantitative estimate of drug-likeness (QED) is 0.586. The molecule has 0 saturated heterocycles. The van der Waals surface area contributed by atoms with Crippen molar-refractivity contribution in [2.45, 2.75) is 0 Å². The number of carbonyl (C=O) groups is 1. The summed E-state index contributed by atoms with van der Waals surface area (Å²) in [5.41, 5.74) is 0.589. The molecule has 7 nitrogen and oxygen atoms in total. The molecule has 94 valence electrons. The van der Waals surface area contributed by atoms with E-state index in [1.54, 1.807) is 13.1 Å². The van der Waals surface area contributed by atoms with Crippen molar-refractivity contribution in [3.05, 3.63) is 28.3 Å². The second kappa shape index (κ2) is 4.57. The van der Waals surface area contributed by atoms with E-state index in [0.29, 0.717) is 15.3 Å². The molecule has 2 rings (SSSR count). The zero-order valence-corrected chi connectivity index (χ0v) is 10.1. The lowest BCUT2D eigenvalue weighted by Crippen LogP contribution is -2.35. The van der Waals surface area contributed by atoms with Crippen LogP contribution in [-0.2, 0) is 4.79 Å². The fourth-order valence-corrected chi connectivity index (χ4v) is 2.40. The van der Waals surface area contributed by atoms with Crippen molar-refractivity contribution >= 4 is 38.3 Å². The van der Waals surface area contributed by atoms with Gasteiger partial charge in [-0.05, 0) is 6.07 Å². The Morgan fingerprint density at radius 2 is 2.28 bits per heavy atom. The van der Waals surface area contributed by atoms with Gasteiger partial charge in [-0.2, -0.15) is 0 Å². The third-order valence-corrected chi connectivity index (χ3v) is 3.40. The maximum Gasteiger partial charge on any atom is 0.270 e. The minimum Gasteiger partial charge on any atom is -0.548 e. The van der Waals surface area contributed by atoms with Crippen molar-refractivity contribution in [1.82, 2.24) is 4.98 Å². The van der Waals surface area contributed by atoms with E-state index in [1.807, 2.05) is 0 Å². The third-order valence-electron chi connectivity index (χ3n) is 2.26. The Morgan fingerprint density at radius 3 is 2.89 bits per heavy atom. The van der Waals surface area contributed by atoms with E-state index >= 15 is 0 Å². The van der Waals surface area contributed by atoms with Crippen molar-refractivity contribution in [2.24, 2.45) is 0 Å². The standard InChI is InChI=1S/C10H9N3O4S/c1-12(5-9(14)15)10-11-7-3-2-6(13(16)17)4-8(7)18-10/h2-4H,5H2,1H3,(H,14,15)/p-1. The van der Waals surface area contributed by atoms with E-state index < -0.39 is 10.9 Å². The number of aliphatic carboxylic acids is 1. The van der Waals surface area contributed by atoms with Crippen LogP contribution < -0.4 is 10.0 Å². The molecule has 1 heterocycles. The lowest BCUT2D eigenvalue weighted by atomic mass is 10.3. The van der Waals surface area contributed by atoms with Crippen LogP contribution in [0.2, 0.25) is 0 Å². The number of thiazole rings is 1. The van der Waals surface area contributed by atoms with Gasteiger partial charge in [-0.1, -0.05) is 11.3 Å². The number of carboxylic acids is 1. The van der Waals surface area contributed by atoms with Gasteiger partial charge in [0.05, 0.1) is 27.7 Å². The summed E-state index contributed by atoms with van der Waals surface area (Å²) in [6.45, 7) is -0.276. The summed E-state index contributed by atoms with van der Waals surface area (Å²) < 4.78 is 0.643. The fraction of sp³-hybridized carbons (Fsp3) is 0.200. The molecule has 0 radical (unpaired) electrons. The number of likely N-dealkylation sites (N-methyl/N-ethyl adjacent to an activating group) is 1. The molecule has 0 aliphatic carbocycles. The van der Waals surface area contributed by atoms with Crippen LogP contribution in [0.1, 0.15) is 0 Å². The second-order valence-corrected chi connectivity index (χ2v) is 4.64. The summed E-state index contributed by atoms with van der Waals surface area (Å²) in [5, 5.41) is 21.6. The van der Waals surface area contributed by atoms with Crippen LogP contribution in [-0.4, -0.2) is 29.5 Å².